The molecule has 3 rings (SSSR count). The highest BCUT2D eigenvalue weighted by molar-refractivity contribution is 5.79. The molecule has 1 N–H and O–H groups in total. The number of nitriles is 1. The Morgan fingerprint density at radius 3 is 3.05 bits per heavy atom. The Kier molecular flexibility index (Phi) is 3.65. The maximum Gasteiger partial charge on any atom is 0.0976 e. The van der Waals surface area contributed by atoms with Crippen molar-refractivity contribution in [2.45, 2.75) is 38.7 Å². The second-order valence-electron chi connectivity index (χ2n) is 6.33. The molecule has 0 spiro atoms. The number of rotatable bonds is 2. The van der Waals surface area contributed by atoms with Gasteiger partial charge < -0.3 is 5.11 Å². The van der Waals surface area contributed by atoms with Crippen molar-refractivity contribution in [3.8, 4) is 6.07 Å². The molecule has 1 aliphatic carbocycles. The number of fused-ring (bicyclic) bond motifs is 1. The third-order valence-electron chi connectivity index (χ3n) is 4.72. The lowest BCUT2D eigenvalue weighted by molar-refractivity contribution is 0.0220. The van der Waals surface area contributed by atoms with Crippen LogP contribution in [-0.2, 0) is 0 Å². The van der Waals surface area contributed by atoms with E-state index < -0.39 is 11.5 Å². The summed E-state index contributed by atoms with van der Waals surface area (Å²) in [5.41, 5.74) is 1.09. The van der Waals surface area contributed by atoms with Crippen LogP contribution in [0.25, 0.3) is 10.9 Å². The summed E-state index contributed by atoms with van der Waals surface area (Å²) in [4.78, 5) is 4.30. The van der Waals surface area contributed by atoms with Gasteiger partial charge in [0.05, 0.1) is 23.1 Å². The fourth-order valence-corrected chi connectivity index (χ4v) is 3.59. The van der Waals surface area contributed by atoms with Gasteiger partial charge in [-0.15, -0.1) is 0 Å². The molecule has 0 radical (unpaired) electrons. The minimum atomic E-state index is -0.727. The Bertz CT molecular complexity index is 691. The first-order valence-corrected chi connectivity index (χ1v) is 7.59. The second-order valence-corrected chi connectivity index (χ2v) is 6.33. The largest absolute Gasteiger partial charge is 0.387 e. The van der Waals surface area contributed by atoms with E-state index in [4.69, 9.17) is 0 Å². The van der Waals surface area contributed by atoms with E-state index in [9.17, 15) is 10.4 Å². The topological polar surface area (TPSA) is 56.9 Å². The Morgan fingerprint density at radius 1 is 1.43 bits per heavy atom. The summed E-state index contributed by atoms with van der Waals surface area (Å²) < 4.78 is 0. The zero-order valence-electron chi connectivity index (χ0n) is 12.3. The molecule has 3 heteroatoms. The van der Waals surface area contributed by atoms with E-state index >= 15 is 0 Å². The first kappa shape index (κ1) is 14.0. The number of benzene rings is 1. The maximum atomic E-state index is 10.8. The number of aliphatic hydroxyl groups excluding tert-OH is 1. The number of nitrogens with zero attached hydrogens (tertiary/aromatic N) is 2. The van der Waals surface area contributed by atoms with Gasteiger partial charge in [-0.3, -0.25) is 4.98 Å². The highest BCUT2D eigenvalue weighted by Gasteiger charge is 2.42. The van der Waals surface area contributed by atoms with Crippen molar-refractivity contribution in [2.75, 3.05) is 0 Å². The molecular formula is C18H20N2O. The predicted molar refractivity (Wildman–Crippen MR) is 82.4 cm³/mol. The Morgan fingerprint density at radius 2 is 2.29 bits per heavy atom. The SMILES string of the molecule is CC1CCCC(C#N)(C(O)c2ccc3ncccc3c2)C1. The number of hydrogen-bond donors (Lipinski definition) is 1. The number of pyridine rings is 1. The van der Waals surface area contributed by atoms with E-state index in [0.29, 0.717) is 5.92 Å². The molecule has 1 saturated carbocycles. The molecule has 1 aromatic heterocycles. The summed E-state index contributed by atoms with van der Waals surface area (Å²) in [7, 11) is 0. The summed E-state index contributed by atoms with van der Waals surface area (Å²) in [6.45, 7) is 2.17. The van der Waals surface area contributed by atoms with E-state index in [1.54, 1.807) is 6.20 Å². The van der Waals surface area contributed by atoms with E-state index in [1.165, 1.54) is 0 Å². The quantitative estimate of drug-likeness (QED) is 0.905. The molecule has 3 nitrogen and oxygen atoms in total. The molecule has 1 aromatic carbocycles. The van der Waals surface area contributed by atoms with Gasteiger partial charge in [-0.25, -0.2) is 0 Å². The first-order valence-electron chi connectivity index (χ1n) is 7.59. The lowest BCUT2D eigenvalue weighted by atomic mass is 9.66. The summed E-state index contributed by atoms with van der Waals surface area (Å²) in [5, 5.41) is 21.5. The smallest absolute Gasteiger partial charge is 0.0976 e. The molecule has 1 fully saturated rings. The van der Waals surface area contributed by atoms with Crippen LogP contribution < -0.4 is 0 Å². The van der Waals surface area contributed by atoms with Crippen molar-refractivity contribution in [1.29, 1.82) is 5.26 Å². The standard InChI is InChI=1S/C18H20N2O/c1-13-4-2-8-18(11-13,12-19)17(21)15-6-7-16-14(10-15)5-3-9-20-16/h3,5-7,9-10,13,17,21H,2,4,8,11H2,1H3. The molecular weight excluding hydrogens is 260 g/mol. The fourth-order valence-electron chi connectivity index (χ4n) is 3.59. The van der Waals surface area contributed by atoms with E-state index in [-0.39, 0.29) is 0 Å². The number of hydrogen-bond acceptors (Lipinski definition) is 3. The van der Waals surface area contributed by atoms with E-state index in [2.05, 4.69) is 18.0 Å². The number of aliphatic hydroxyl groups is 1. The summed E-state index contributed by atoms with van der Waals surface area (Å²) in [6.07, 6.45) is 4.75. The molecule has 21 heavy (non-hydrogen) atoms. The minimum Gasteiger partial charge on any atom is -0.387 e. The molecule has 1 heterocycles. The normalized spacial score (nSPS) is 27.2. The molecule has 1 aliphatic rings. The Labute approximate surface area is 125 Å². The van der Waals surface area contributed by atoms with Crippen LogP contribution in [0.3, 0.4) is 0 Å². The van der Waals surface area contributed by atoms with Crippen molar-refractivity contribution < 1.29 is 5.11 Å². The zero-order chi connectivity index (χ0) is 14.9. The summed E-state index contributed by atoms with van der Waals surface area (Å²) in [6, 6.07) is 12.1. The van der Waals surface area contributed by atoms with Crippen LogP contribution in [0.4, 0.5) is 0 Å². The van der Waals surface area contributed by atoms with Crippen molar-refractivity contribution in [2.24, 2.45) is 11.3 Å². The maximum absolute atomic E-state index is 10.8. The minimum absolute atomic E-state index is 0.496. The average molecular weight is 280 g/mol. The second kappa shape index (κ2) is 5.46. The van der Waals surface area contributed by atoms with Gasteiger partial charge in [0.15, 0.2) is 0 Å². The van der Waals surface area contributed by atoms with E-state index in [1.807, 2.05) is 30.3 Å². The zero-order valence-corrected chi connectivity index (χ0v) is 12.3. The van der Waals surface area contributed by atoms with Gasteiger partial charge in [0.25, 0.3) is 0 Å². The summed E-state index contributed by atoms with van der Waals surface area (Å²) >= 11 is 0. The van der Waals surface area contributed by atoms with Gasteiger partial charge in [-0.05, 0) is 42.5 Å². The van der Waals surface area contributed by atoms with Crippen LogP contribution in [0, 0.1) is 22.7 Å². The van der Waals surface area contributed by atoms with Crippen molar-refractivity contribution >= 4 is 10.9 Å². The monoisotopic (exact) mass is 280 g/mol. The molecule has 108 valence electrons. The van der Waals surface area contributed by atoms with Gasteiger partial charge in [0.2, 0.25) is 0 Å². The molecule has 3 atom stereocenters. The van der Waals surface area contributed by atoms with Gasteiger partial charge in [0, 0.05) is 11.6 Å². The van der Waals surface area contributed by atoms with Gasteiger partial charge in [-0.1, -0.05) is 31.9 Å². The van der Waals surface area contributed by atoms with Crippen LogP contribution in [0.15, 0.2) is 36.5 Å². The molecule has 0 amide bonds. The molecule has 3 unspecified atom stereocenters. The molecule has 0 bridgehead atoms. The lowest BCUT2D eigenvalue weighted by Crippen LogP contribution is -2.32. The third kappa shape index (κ3) is 2.52. The van der Waals surface area contributed by atoms with Crippen LogP contribution in [0.2, 0.25) is 0 Å². The van der Waals surface area contributed by atoms with Crippen LogP contribution >= 0.6 is 0 Å². The van der Waals surface area contributed by atoms with Crippen molar-refractivity contribution in [1.82, 2.24) is 4.98 Å². The molecule has 2 aromatic rings. The van der Waals surface area contributed by atoms with Gasteiger partial charge in [-0.2, -0.15) is 5.26 Å². The average Bonchev–Trinajstić information content (AvgIpc) is 2.53. The fraction of sp³-hybridized carbons (Fsp3) is 0.444. The highest BCUT2D eigenvalue weighted by atomic mass is 16.3. The molecule has 0 aliphatic heterocycles. The van der Waals surface area contributed by atoms with Crippen LogP contribution in [0.1, 0.15) is 44.3 Å². The highest BCUT2D eigenvalue weighted by Crippen LogP contribution is 2.47. The third-order valence-corrected chi connectivity index (χ3v) is 4.72. The van der Waals surface area contributed by atoms with Crippen LogP contribution in [-0.4, -0.2) is 10.1 Å². The van der Waals surface area contributed by atoms with Gasteiger partial charge in [0.1, 0.15) is 0 Å². The lowest BCUT2D eigenvalue weighted by Gasteiger charge is -2.38. The molecule has 0 saturated heterocycles. The Balaban J connectivity index is 1.98. The van der Waals surface area contributed by atoms with Gasteiger partial charge >= 0.3 is 0 Å². The Hall–Kier alpha value is -1.92. The van der Waals surface area contributed by atoms with Crippen LogP contribution in [0.5, 0.6) is 0 Å². The van der Waals surface area contributed by atoms with Crippen molar-refractivity contribution in [3.05, 3.63) is 42.1 Å². The van der Waals surface area contributed by atoms with E-state index in [0.717, 1.165) is 42.1 Å². The van der Waals surface area contributed by atoms with Crippen molar-refractivity contribution in [3.63, 3.8) is 0 Å². The number of aromatic nitrogens is 1. The summed E-state index contributed by atoms with van der Waals surface area (Å²) in [5.74, 6) is 0.496. The first-order chi connectivity index (χ1) is 10.1. The predicted octanol–water partition coefficient (Wildman–Crippen LogP) is 3.99.